The van der Waals surface area contributed by atoms with Gasteiger partial charge in [-0.25, -0.2) is 0 Å². The second kappa shape index (κ2) is 5.15. The number of nitrogens with zero attached hydrogens (tertiary/aromatic N) is 7. The Morgan fingerprint density at radius 1 is 1.24 bits per heavy atom. The van der Waals surface area contributed by atoms with E-state index in [1.807, 2.05) is 10.7 Å². The van der Waals surface area contributed by atoms with Crippen LogP contribution in [0.3, 0.4) is 0 Å². The molecule has 3 aromatic heterocycles. The van der Waals surface area contributed by atoms with Crippen molar-refractivity contribution in [3.8, 4) is 10.7 Å². The van der Waals surface area contributed by atoms with Crippen LogP contribution in [0, 0.1) is 0 Å². The molecule has 0 saturated heterocycles. The van der Waals surface area contributed by atoms with Crippen LogP contribution in [0.4, 0.5) is 0 Å². The lowest BCUT2D eigenvalue weighted by Crippen LogP contribution is -2.10. The fraction of sp³-hybridized carbons (Fsp3) is 0.583. The van der Waals surface area contributed by atoms with Crippen LogP contribution in [-0.2, 0) is 6.54 Å². The number of hydrogen-bond donors (Lipinski definition) is 1. The van der Waals surface area contributed by atoms with Crippen molar-refractivity contribution in [3.05, 3.63) is 12.0 Å². The van der Waals surface area contributed by atoms with Gasteiger partial charge in [0.05, 0.1) is 12.7 Å². The van der Waals surface area contributed by atoms with Crippen molar-refractivity contribution in [1.82, 2.24) is 34.8 Å². The van der Waals surface area contributed by atoms with E-state index in [1.165, 1.54) is 37.0 Å². The Morgan fingerprint density at radius 3 is 2.90 bits per heavy atom. The van der Waals surface area contributed by atoms with Crippen LogP contribution in [0.2, 0.25) is 0 Å². The van der Waals surface area contributed by atoms with Crippen LogP contribution in [0.5, 0.6) is 0 Å². The Morgan fingerprint density at radius 2 is 2.10 bits per heavy atom. The van der Waals surface area contributed by atoms with Gasteiger partial charge in [0.15, 0.2) is 10.8 Å². The van der Waals surface area contributed by atoms with Crippen molar-refractivity contribution in [2.75, 3.05) is 6.54 Å². The molecule has 0 atom stereocenters. The summed E-state index contributed by atoms with van der Waals surface area (Å²) in [6.45, 7) is 1.20. The summed E-state index contributed by atoms with van der Waals surface area (Å²) in [5.41, 5.74) is 6.28. The monoisotopic (exact) mass is 304 g/mol. The van der Waals surface area contributed by atoms with Gasteiger partial charge in [-0.15, -0.1) is 15.3 Å². The van der Waals surface area contributed by atoms with E-state index in [4.69, 9.17) is 5.73 Å². The molecule has 4 rings (SSSR count). The molecule has 21 heavy (non-hydrogen) atoms. The summed E-state index contributed by atoms with van der Waals surface area (Å²) < 4.78 is 3.60. The van der Waals surface area contributed by atoms with Gasteiger partial charge in [-0.3, -0.25) is 4.68 Å². The van der Waals surface area contributed by atoms with Gasteiger partial charge in [0.1, 0.15) is 5.69 Å². The maximum atomic E-state index is 5.52. The third-order valence-corrected chi connectivity index (χ3v) is 4.77. The highest BCUT2D eigenvalue weighted by Gasteiger charge is 2.24. The lowest BCUT2D eigenvalue weighted by Gasteiger charge is -2.03. The minimum absolute atomic E-state index is 0.489. The summed E-state index contributed by atoms with van der Waals surface area (Å²) >= 11 is 1.49. The van der Waals surface area contributed by atoms with Gasteiger partial charge in [-0.05, 0) is 12.8 Å². The molecular weight excluding hydrogens is 288 g/mol. The van der Waals surface area contributed by atoms with Crippen LogP contribution in [0.25, 0.3) is 15.7 Å². The number of rotatable bonds is 4. The zero-order valence-electron chi connectivity index (χ0n) is 11.5. The zero-order valence-corrected chi connectivity index (χ0v) is 12.3. The average molecular weight is 304 g/mol. The van der Waals surface area contributed by atoms with E-state index in [0.29, 0.717) is 19.0 Å². The van der Waals surface area contributed by atoms with E-state index in [0.717, 1.165) is 21.5 Å². The van der Waals surface area contributed by atoms with Crippen molar-refractivity contribution < 1.29 is 0 Å². The predicted molar refractivity (Wildman–Crippen MR) is 77.9 cm³/mol. The fourth-order valence-corrected chi connectivity index (χ4v) is 3.61. The van der Waals surface area contributed by atoms with Crippen molar-refractivity contribution in [2.45, 2.75) is 38.1 Å². The molecule has 0 amide bonds. The van der Waals surface area contributed by atoms with E-state index in [1.54, 1.807) is 4.68 Å². The highest BCUT2D eigenvalue weighted by atomic mass is 32.1. The fourth-order valence-electron chi connectivity index (χ4n) is 2.81. The Hall–Kier alpha value is -1.87. The third kappa shape index (κ3) is 2.22. The molecule has 0 aromatic carbocycles. The highest BCUT2D eigenvalue weighted by Crippen LogP contribution is 2.34. The minimum Gasteiger partial charge on any atom is -0.329 e. The van der Waals surface area contributed by atoms with Gasteiger partial charge in [-0.1, -0.05) is 29.4 Å². The molecule has 3 aromatic rings. The van der Waals surface area contributed by atoms with Crippen LogP contribution < -0.4 is 5.73 Å². The number of aromatic nitrogens is 7. The number of nitrogens with two attached hydrogens (primary N) is 1. The average Bonchev–Trinajstić information content (AvgIpc) is 3.22. The molecular formula is C12H16N8S. The zero-order chi connectivity index (χ0) is 14.2. The predicted octanol–water partition coefficient (Wildman–Crippen LogP) is 1.06. The normalized spacial score (nSPS) is 16.2. The first kappa shape index (κ1) is 12.8. The van der Waals surface area contributed by atoms with Crippen LogP contribution in [0.15, 0.2) is 6.20 Å². The molecule has 110 valence electrons. The summed E-state index contributed by atoms with van der Waals surface area (Å²) in [5.74, 6) is 1.47. The molecule has 0 spiro atoms. The number of fused-ring (bicyclic) bond motifs is 1. The van der Waals surface area contributed by atoms with Gasteiger partial charge in [0.2, 0.25) is 4.96 Å². The molecule has 2 N–H and O–H groups in total. The lowest BCUT2D eigenvalue weighted by molar-refractivity contribution is 0.598. The molecule has 0 unspecified atom stereocenters. The molecule has 0 aliphatic heterocycles. The van der Waals surface area contributed by atoms with E-state index in [2.05, 4.69) is 25.6 Å². The third-order valence-electron chi connectivity index (χ3n) is 3.85. The molecule has 1 saturated carbocycles. The van der Waals surface area contributed by atoms with Crippen LogP contribution in [0.1, 0.15) is 37.4 Å². The first-order valence-electron chi connectivity index (χ1n) is 7.18. The van der Waals surface area contributed by atoms with Crippen molar-refractivity contribution in [2.24, 2.45) is 5.73 Å². The standard InChI is InChI=1S/C12H16N8S/c13-5-6-19-7-9(14-18-19)11-17-20-10(8-3-1-2-4-8)15-16-12(20)21-11/h7-8H,1-6,13H2. The summed E-state index contributed by atoms with van der Waals surface area (Å²) in [6, 6.07) is 0. The summed E-state index contributed by atoms with van der Waals surface area (Å²) in [5, 5.41) is 22.2. The van der Waals surface area contributed by atoms with Gasteiger partial charge in [-0.2, -0.15) is 9.61 Å². The quantitative estimate of drug-likeness (QED) is 0.773. The van der Waals surface area contributed by atoms with E-state index < -0.39 is 0 Å². The van der Waals surface area contributed by atoms with Gasteiger partial charge in [0, 0.05) is 12.5 Å². The maximum Gasteiger partial charge on any atom is 0.235 e. The molecule has 8 nitrogen and oxygen atoms in total. The second-order valence-electron chi connectivity index (χ2n) is 5.30. The highest BCUT2D eigenvalue weighted by molar-refractivity contribution is 7.19. The summed E-state index contributed by atoms with van der Waals surface area (Å²) in [6.07, 6.45) is 6.77. The summed E-state index contributed by atoms with van der Waals surface area (Å²) in [4.78, 5) is 0.820. The number of hydrogen-bond acceptors (Lipinski definition) is 7. The Labute approximate surface area is 125 Å². The molecule has 0 bridgehead atoms. The van der Waals surface area contributed by atoms with Gasteiger partial charge < -0.3 is 5.73 Å². The van der Waals surface area contributed by atoms with E-state index in [9.17, 15) is 0 Å². The van der Waals surface area contributed by atoms with Crippen molar-refractivity contribution in [3.63, 3.8) is 0 Å². The first-order valence-corrected chi connectivity index (χ1v) is 7.99. The smallest absolute Gasteiger partial charge is 0.235 e. The van der Waals surface area contributed by atoms with Gasteiger partial charge in [0.25, 0.3) is 0 Å². The molecule has 1 aliphatic carbocycles. The molecule has 1 aliphatic rings. The second-order valence-corrected chi connectivity index (χ2v) is 6.25. The van der Waals surface area contributed by atoms with Crippen molar-refractivity contribution in [1.29, 1.82) is 0 Å². The summed E-state index contributed by atoms with van der Waals surface area (Å²) in [7, 11) is 0. The topological polar surface area (TPSA) is 99.8 Å². The Balaban J connectivity index is 1.69. The van der Waals surface area contributed by atoms with Gasteiger partial charge >= 0.3 is 0 Å². The lowest BCUT2D eigenvalue weighted by atomic mass is 10.1. The van der Waals surface area contributed by atoms with Crippen molar-refractivity contribution >= 4 is 16.3 Å². The molecule has 3 heterocycles. The van der Waals surface area contributed by atoms with E-state index >= 15 is 0 Å². The first-order chi connectivity index (χ1) is 10.3. The molecule has 0 radical (unpaired) electrons. The molecule has 1 fully saturated rings. The minimum atomic E-state index is 0.489. The van der Waals surface area contributed by atoms with E-state index in [-0.39, 0.29) is 0 Å². The Bertz CT molecular complexity index is 750. The largest absolute Gasteiger partial charge is 0.329 e. The molecule has 9 heteroatoms. The Kier molecular flexibility index (Phi) is 3.15. The SMILES string of the molecule is NCCn1cc(-c2nn3c(C4CCCC4)nnc3s2)nn1. The van der Waals surface area contributed by atoms with Crippen LogP contribution in [-0.4, -0.2) is 41.4 Å². The maximum absolute atomic E-state index is 5.52. The van der Waals surface area contributed by atoms with Crippen LogP contribution >= 0.6 is 11.3 Å².